The highest BCUT2D eigenvalue weighted by atomic mass is 79.9. The van der Waals surface area contributed by atoms with E-state index >= 15 is 0 Å². The molecular formula is C18H19BrN2O4S2. The molecule has 0 aromatic heterocycles. The Morgan fingerprint density at radius 2 is 1.89 bits per heavy atom. The van der Waals surface area contributed by atoms with Crippen molar-refractivity contribution in [2.45, 2.75) is 30.7 Å². The van der Waals surface area contributed by atoms with Crippen LogP contribution in [0.15, 0.2) is 57.9 Å². The SMILES string of the molecule is CCC[C@H](NS(=O)(=O)c1ccc(Br)cc1)C(=S)Nc1cccc(C(=O)O)c1. The first-order valence-electron chi connectivity index (χ1n) is 8.15. The van der Waals surface area contributed by atoms with Crippen molar-refractivity contribution in [1.29, 1.82) is 0 Å². The lowest BCUT2D eigenvalue weighted by atomic mass is 10.1. The van der Waals surface area contributed by atoms with Gasteiger partial charge in [-0.3, -0.25) is 0 Å². The zero-order valence-corrected chi connectivity index (χ0v) is 17.7. The molecule has 0 aliphatic heterocycles. The van der Waals surface area contributed by atoms with Gasteiger partial charge in [0.25, 0.3) is 0 Å². The van der Waals surface area contributed by atoms with Gasteiger partial charge >= 0.3 is 5.97 Å². The Kier molecular flexibility index (Phi) is 7.49. The van der Waals surface area contributed by atoms with Crippen molar-refractivity contribution in [1.82, 2.24) is 4.72 Å². The number of aromatic carboxylic acids is 1. The Balaban J connectivity index is 2.18. The molecule has 0 bridgehead atoms. The maximum atomic E-state index is 12.6. The number of hydrogen-bond donors (Lipinski definition) is 3. The van der Waals surface area contributed by atoms with Crippen LogP contribution in [0, 0.1) is 0 Å². The predicted molar refractivity (Wildman–Crippen MR) is 113 cm³/mol. The van der Waals surface area contributed by atoms with E-state index in [1.165, 1.54) is 24.3 Å². The minimum Gasteiger partial charge on any atom is -0.478 e. The average molecular weight is 471 g/mol. The van der Waals surface area contributed by atoms with E-state index in [4.69, 9.17) is 17.3 Å². The zero-order chi connectivity index (χ0) is 20.0. The second kappa shape index (κ2) is 9.41. The number of rotatable bonds is 8. The summed E-state index contributed by atoms with van der Waals surface area (Å²) < 4.78 is 28.7. The fourth-order valence-corrected chi connectivity index (χ4v) is 4.23. The van der Waals surface area contributed by atoms with Gasteiger partial charge in [-0.25, -0.2) is 17.9 Å². The highest BCUT2D eigenvalue weighted by Crippen LogP contribution is 2.17. The second-order valence-electron chi connectivity index (χ2n) is 5.79. The fraction of sp³-hybridized carbons (Fsp3) is 0.222. The fourth-order valence-electron chi connectivity index (χ4n) is 2.36. The summed E-state index contributed by atoms with van der Waals surface area (Å²) in [6.07, 6.45) is 1.21. The summed E-state index contributed by atoms with van der Waals surface area (Å²) in [6, 6.07) is 11.9. The quantitative estimate of drug-likeness (QED) is 0.504. The number of nitrogens with one attached hydrogen (secondary N) is 2. The molecule has 0 unspecified atom stereocenters. The molecule has 2 aromatic rings. The normalized spacial score (nSPS) is 12.4. The largest absolute Gasteiger partial charge is 0.478 e. The lowest BCUT2D eigenvalue weighted by Gasteiger charge is -2.20. The molecule has 6 nitrogen and oxygen atoms in total. The van der Waals surface area contributed by atoms with Gasteiger partial charge in [0.15, 0.2) is 0 Å². The van der Waals surface area contributed by atoms with E-state index in [-0.39, 0.29) is 15.4 Å². The Morgan fingerprint density at radius 3 is 2.48 bits per heavy atom. The number of anilines is 1. The number of benzene rings is 2. The smallest absolute Gasteiger partial charge is 0.335 e. The van der Waals surface area contributed by atoms with Gasteiger partial charge in [0.05, 0.1) is 21.5 Å². The number of hydrogen-bond acceptors (Lipinski definition) is 4. The van der Waals surface area contributed by atoms with Gasteiger partial charge in [-0.1, -0.05) is 47.6 Å². The molecule has 0 spiro atoms. The van der Waals surface area contributed by atoms with Crippen molar-refractivity contribution in [2.24, 2.45) is 0 Å². The molecule has 0 saturated carbocycles. The number of halogens is 1. The maximum absolute atomic E-state index is 12.6. The van der Waals surface area contributed by atoms with E-state index in [9.17, 15) is 13.2 Å². The molecule has 0 amide bonds. The monoisotopic (exact) mass is 470 g/mol. The van der Waals surface area contributed by atoms with Crippen LogP contribution < -0.4 is 10.0 Å². The first-order chi connectivity index (χ1) is 12.7. The van der Waals surface area contributed by atoms with E-state index in [2.05, 4.69) is 26.0 Å². The van der Waals surface area contributed by atoms with E-state index in [0.717, 1.165) is 4.47 Å². The minimum absolute atomic E-state index is 0.116. The van der Waals surface area contributed by atoms with Gasteiger partial charge in [0, 0.05) is 10.2 Å². The molecule has 0 saturated heterocycles. The second-order valence-corrected chi connectivity index (χ2v) is 8.86. The first kappa shape index (κ1) is 21.5. The Morgan fingerprint density at radius 1 is 1.22 bits per heavy atom. The number of carbonyl (C=O) groups is 1. The van der Waals surface area contributed by atoms with E-state index < -0.39 is 22.0 Å². The van der Waals surface area contributed by atoms with Crippen LogP contribution in [0.5, 0.6) is 0 Å². The van der Waals surface area contributed by atoms with Crippen LogP contribution in [0.2, 0.25) is 0 Å². The van der Waals surface area contributed by atoms with Gasteiger partial charge in [0.1, 0.15) is 0 Å². The van der Waals surface area contributed by atoms with Gasteiger partial charge in [-0.15, -0.1) is 0 Å². The van der Waals surface area contributed by atoms with Crippen molar-refractivity contribution < 1.29 is 18.3 Å². The molecule has 0 heterocycles. The number of thiocarbonyl (C=S) groups is 1. The van der Waals surface area contributed by atoms with Crippen LogP contribution in [0.25, 0.3) is 0 Å². The van der Waals surface area contributed by atoms with E-state index in [0.29, 0.717) is 18.5 Å². The molecule has 9 heteroatoms. The van der Waals surface area contributed by atoms with Crippen LogP contribution in [0.3, 0.4) is 0 Å². The third-order valence-electron chi connectivity index (χ3n) is 3.69. The van der Waals surface area contributed by atoms with Crippen LogP contribution in [0.1, 0.15) is 30.1 Å². The molecule has 144 valence electrons. The van der Waals surface area contributed by atoms with Crippen molar-refractivity contribution in [2.75, 3.05) is 5.32 Å². The Labute approximate surface area is 172 Å². The molecule has 0 radical (unpaired) electrons. The van der Waals surface area contributed by atoms with Crippen molar-refractivity contribution in [3.8, 4) is 0 Å². The number of carboxylic acids is 1. The highest BCUT2D eigenvalue weighted by molar-refractivity contribution is 9.10. The highest BCUT2D eigenvalue weighted by Gasteiger charge is 2.23. The van der Waals surface area contributed by atoms with Crippen molar-refractivity contribution in [3.63, 3.8) is 0 Å². The molecule has 2 rings (SSSR count). The maximum Gasteiger partial charge on any atom is 0.335 e. The van der Waals surface area contributed by atoms with Crippen molar-refractivity contribution >= 4 is 54.8 Å². The lowest BCUT2D eigenvalue weighted by molar-refractivity contribution is 0.0697. The minimum atomic E-state index is -3.75. The summed E-state index contributed by atoms with van der Waals surface area (Å²) in [6.45, 7) is 1.93. The summed E-state index contributed by atoms with van der Waals surface area (Å²) in [5, 5.41) is 12.0. The molecular weight excluding hydrogens is 452 g/mol. The van der Waals surface area contributed by atoms with Crippen LogP contribution in [0.4, 0.5) is 5.69 Å². The van der Waals surface area contributed by atoms with Crippen LogP contribution in [-0.4, -0.2) is 30.5 Å². The Hall–Kier alpha value is -1.81. The van der Waals surface area contributed by atoms with E-state index in [1.807, 2.05) is 6.92 Å². The Bertz CT molecular complexity index is 931. The topological polar surface area (TPSA) is 95.5 Å². The molecule has 0 fully saturated rings. The van der Waals surface area contributed by atoms with Gasteiger partial charge < -0.3 is 10.4 Å². The summed E-state index contributed by atoms with van der Waals surface area (Å²) in [5.74, 6) is -1.05. The molecule has 2 aromatic carbocycles. The molecule has 3 N–H and O–H groups in total. The number of sulfonamides is 1. The van der Waals surface area contributed by atoms with Crippen LogP contribution >= 0.6 is 28.1 Å². The summed E-state index contributed by atoms with van der Waals surface area (Å²) >= 11 is 8.65. The summed E-state index contributed by atoms with van der Waals surface area (Å²) in [5.41, 5.74) is 0.606. The lowest BCUT2D eigenvalue weighted by Crippen LogP contribution is -2.42. The van der Waals surface area contributed by atoms with Gasteiger partial charge in [-0.05, 0) is 48.9 Å². The molecule has 0 aliphatic rings. The standard InChI is InChI=1S/C18H19BrN2O4S2/c1-2-4-16(21-27(24,25)15-9-7-13(19)8-10-15)17(26)20-14-6-3-5-12(11-14)18(22)23/h3,5-11,16,21H,2,4H2,1H3,(H,20,26)(H,22,23)/t16-/m0/s1. The third kappa shape index (κ3) is 6.10. The first-order valence-corrected chi connectivity index (χ1v) is 10.8. The summed E-state index contributed by atoms with van der Waals surface area (Å²) in [7, 11) is -3.75. The number of carboxylic acid groups (broad SMARTS) is 1. The average Bonchev–Trinajstić information content (AvgIpc) is 2.61. The van der Waals surface area contributed by atoms with Gasteiger partial charge in [0.2, 0.25) is 10.0 Å². The molecule has 27 heavy (non-hydrogen) atoms. The van der Waals surface area contributed by atoms with E-state index in [1.54, 1.807) is 24.3 Å². The van der Waals surface area contributed by atoms with Crippen molar-refractivity contribution in [3.05, 3.63) is 58.6 Å². The third-order valence-corrected chi connectivity index (χ3v) is 6.10. The van der Waals surface area contributed by atoms with Gasteiger partial charge in [-0.2, -0.15) is 0 Å². The summed E-state index contributed by atoms with van der Waals surface area (Å²) in [4.78, 5) is 11.5. The molecule has 0 aliphatic carbocycles. The van der Waals surface area contributed by atoms with Crippen LogP contribution in [-0.2, 0) is 10.0 Å². The molecule has 1 atom stereocenters. The predicted octanol–water partition coefficient (Wildman–Crippen LogP) is 4.03. The zero-order valence-electron chi connectivity index (χ0n) is 14.5.